The Balaban J connectivity index is 1.18. The van der Waals surface area contributed by atoms with E-state index >= 15 is 0 Å². The first kappa shape index (κ1) is 26.2. The van der Waals surface area contributed by atoms with E-state index in [0.717, 1.165) is 5.39 Å². The second-order valence-electron chi connectivity index (χ2n) is 9.23. The van der Waals surface area contributed by atoms with E-state index in [2.05, 4.69) is 10.3 Å². The van der Waals surface area contributed by atoms with Gasteiger partial charge in [0.2, 0.25) is 0 Å². The van der Waals surface area contributed by atoms with Crippen LogP contribution >= 0.6 is 0 Å². The van der Waals surface area contributed by atoms with Crippen molar-refractivity contribution in [3.8, 4) is 5.75 Å². The molecule has 3 amide bonds. The molecular weight excluding hydrogens is 516 g/mol. The number of aromatic nitrogens is 1. The van der Waals surface area contributed by atoms with E-state index in [1.54, 1.807) is 89.8 Å². The predicted octanol–water partition coefficient (Wildman–Crippen LogP) is 4.21. The molecule has 0 aliphatic carbocycles. The van der Waals surface area contributed by atoms with Gasteiger partial charge in [-0.05, 0) is 54.1 Å². The first-order valence-electron chi connectivity index (χ1n) is 12.5. The van der Waals surface area contributed by atoms with E-state index < -0.39 is 9.84 Å². The average Bonchev–Trinajstić information content (AvgIpc) is 2.97. The maximum atomic E-state index is 13.2. The van der Waals surface area contributed by atoms with Crippen molar-refractivity contribution in [3.05, 3.63) is 96.2 Å². The van der Waals surface area contributed by atoms with E-state index in [-0.39, 0.29) is 22.6 Å². The van der Waals surface area contributed by atoms with Gasteiger partial charge in [-0.25, -0.2) is 13.2 Å². The maximum absolute atomic E-state index is 13.2. The molecule has 1 saturated heterocycles. The van der Waals surface area contributed by atoms with E-state index in [4.69, 9.17) is 4.74 Å². The standard InChI is InChI=1S/C29H28N4O5S/c1-38-25-13-11-24(12-14-25)31-29(35)33-18-16-32(17-19-33)28(34)23-9-7-21(8-10-23)20-39(36,37)26-6-2-4-22-5-3-15-30-27(22)26/h2-15H,16-20H2,1H3,(H,31,35). The van der Waals surface area contributed by atoms with Gasteiger partial charge in [-0.1, -0.05) is 30.3 Å². The number of hydrogen-bond donors (Lipinski definition) is 1. The molecule has 0 saturated carbocycles. The van der Waals surface area contributed by atoms with Crippen LogP contribution in [-0.4, -0.2) is 68.4 Å². The Labute approximate surface area is 226 Å². The molecule has 1 aromatic heterocycles. The van der Waals surface area contributed by atoms with Crippen molar-refractivity contribution in [2.45, 2.75) is 10.6 Å². The van der Waals surface area contributed by atoms with Crippen LogP contribution in [0.15, 0.2) is 90.0 Å². The van der Waals surface area contributed by atoms with Gasteiger partial charge in [0.05, 0.1) is 23.3 Å². The van der Waals surface area contributed by atoms with Gasteiger partial charge in [0.15, 0.2) is 9.84 Å². The second-order valence-corrected chi connectivity index (χ2v) is 11.2. The fraction of sp³-hybridized carbons (Fsp3) is 0.207. The number of piperazine rings is 1. The summed E-state index contributed by atoms with van der Waals surface area (Å²) in [5.41, 5.74) is 2.17. The number of rotatable bonds is 6. The Morgan fingerprint density at radius 3 is 2.23 bits per heavy atom. The number of carbonyl (C=O) groups excluding carboxylic acids is 2. The minimum absolute atomic E-state index is 0.155. The van der Waals surface area contributed by atoms with Crippen LogP contribution in [0.25, 0.3) is 10.9 Å². The van der Waals surface area contributed by atoms with Crippen molar-refractivity contribution in [1.29, 1.82) is 0 Å². The fourth-order valence-corrected chi connectivity index (χ4v) is 6.08. The lowest BCUT2D eigenvalue weighted by molar-refractivity contribution is 0.0671. The molecule has 1 aliphatic heterocycles. The molecule has 4 aromatic rings. The monoisotopic (exact) mass is 544 g/mol. The summed E-state index contributed by atoms with van der Waals surface area (Å²) in [5, 5.41) is 3.62. The number of ether oxygens (including phenoxy) is 1. The van der Waals surface area contributed by atoms with Crippen LogP contribution in [-0.2, 0) is 15.6 Å². The number of pyridine rings is 1. The van der Waals surface area contributed by atoms with Gasteiger partial charge in [-0.2, -0.15) is 0 Å². The molecule has 5 rings (SSSR count). The Kier molecular flexibility index (Phi) is 7.47. The van der Waals surface area contributed by atoms with E-state index in [1.807, 2.05) is 12.1 Å². The van der Waals surface area contributed by atoms with Gasteiger partial charge in [0, 0.05) is 49.0 Å². The van der Waals surface area contributed by atoms with Crippen molar-refractivity contribution in [3.63, 3.8) is 0 Å². The first-order valence-corrected chi connectivity index (χ1v) is 14.1. The molecule has 39 heavy (non-hydrogen) atoms. The lowest BCUT2D eigenvalue weighted by Gasteiger charge is -2.34. The van der Waals surface area contributed by atoms with Gasteiger partial charge in [0.1, 0.15) is 5.75 Å². The van der Waals surface area contributed by atoms with Crippen LogP contribution in [0.5, 0.6) is 5.75 Å². The number of nitrogens with zero attached hydrogens (tertiary/aromatic N) is 3. The van der Waals surface area contributed by atoms with Crippen LogP contribution in [0.1, 0.15) is 15.9 Å². The van der Waals surface area contributed by atoms with Crippen LogP contribution < -0.4 is 10.1 Å². The largest absolute Gasteiger partial charge is 0.497 e. The molecule has 0 spiro atoms. The number of hydrogen-bond acceptors (Lipinski definition) is 6. The number of carbonyl (C=O) groups is 2. The zero-order valence-electron chi connectivity index (χ0n) is 21.4. The molecule has 1 aliphatic rings. The number of fused-ring (bicyclic) bond motifs is 1. The second kappa shape index (κ2) is 11.1. The highest BCUT2D eigenvalue weighted by Crippen LogP contribution is 2.24. The molecule has 3 aromatic carbocycles. The van der Waals surface area contributed by atoms with Crippen LogP contribution in [0.2, 0.25) is 0 Å². The maximum Gasteiger partial charge on any atom is 0.321 e. The van der Waals surface area contributed by atoms with Gasteiger partial charge in [-0.3, -0.25) is 9.78 Å². The van der Waals surface area contributed by atoms with E-state index in [0.29, 0.717) is 54.3 Å². The summed E-state index contributed by atoms with van der Waals surface area (Å²) in [6, 6.07) is 22.2. The summed E-state index contributed by atoms with van der Waals surface area (Å²) in [6.07, 6.45) is 1.58. The molecule has 0 bridgehead atoms. The molecule has 0 atom stereocenters. The van der Waals surface area contributed by atoms with Crippen LogP contribution in [0.4, 0.5) is 10.5 Å². The highest BCUT2D eigenvalue weighted by Gasteiger charge is 2.25. The van der Waals surface area contributed by atoms with Crippen molar-refractivity contribution in [1.82, 2.24) is 14.8 Å². The number of amides is 3. The third-order valence-corrected chi connectivity index (χ3v) is 8.40. The molecule has 9 nitrogen and oxygen atoms in total. The quantitative estimate of drug-likeness (QED) is 0.390. The third-order valence-electron chi connectivity index (χ3n) is 6.68. The van der Waals surface area contributed by atoms with Crippen molar-refractivity contribution >= 4 is 38.4 Å². The Morgan fingerprint density at radius 2 is 1.54 bits per heavy atom. The van der Waals surface area contributed by atoms with Gasteiger partial charge in [0.25, 0.3) is 5.91 Å². The van der Waals surface area contributed by atoms with Gasteiger partial charge >= 0.3 is 6.03 Å². The zero-order chi connectivity index (χ0) is 27.4. The predicted molar refractivity (Wildman–Crippen MR) is 149 cm³/mol. The molecule has 0 unspecified atom stereocenters. The topological polar surface area (TPSA) is 109 Å². The van der Waals surface area contributed by atoms with E-state index in [9.17, 15) is 18.0 Å². The third kappa shape index (κ3) is 5.85. The molecule has 1 N–H and O–H groups in total. The lowest BCUT2D eigenvalue weighted by Crippen LogP contribution is -2.51. The molecule has 10 heteroatoms. The normalized spacial score (nSPS) is 13.8. The van der Waals surface area contributed by atoms with Crippen molar-refractivity contribution in [2.24, 2.45) is 0 Å². The van der Waals surface area contributed by atoms with Gasteiger partial charge < -0.3 is 19.9 Å². The number of sulfone groups is 1. The molecular formula is C29H28N4O5S. The summed E-state index contributed by atoms with van der Waals surface area (Å²) in [6.45, 7) is 1.62. The minimum Gasteiger partial charge on any atom is -0.497 e. The smallest absolute Gasteiger partial charge is 0.321 e. The average molecular weight is 545 g/mol. The first-order chi connectivity index (χ1) is 18.8. The summed E-state index contributed by atoms with van der Waals surface area (Å²) in [7, 11) is -2.06. The number of urea groups is 1. The molecule has 200 valence electrons. The summed E-state index contributed by atoms with van der Waals surface area (Å²) in [4.78, 5) is 33.5. The molecule has 2 heterocycles. The number of para-hydroxylation sites is 1. The Bertz CT molecular complexity index is 1590. The number of benzene rings is 3. The summed E-state index contributed by atoms with van der Waals surface area (Å²) in [5.74, 6) is 0.355. The van der Waals surface area contributed by atoms with Gasteiger partial charge in [-0.15, -0.1) is 0 Å². The number of nitrogens with one attached hydrogen (secondary N) is 1. The molecule has 1 fully saturated rings. The lowest BCUT2D eigenvalue weighted by atomic mass is 10.1. The molecule has 0 radical (unpaired) electrons. The Morgan fingerprint density at radius 1 is 0.872 bits per heavy atom. The van der Waals surface area contributed by atoms with Crippen LogP contribution in [0.3, 0.4) is 0 Å². The zero-order valence-corrected chi connectivity index (χ0v) is 22.2. The summed E-state index contributed by atoms with van der Waals surface area (Å²) < 4.78 is 31.4. The van der Waals surface area contributed by atoms with Crippen LogP contribution in [0, 0.1) is 0 Å². The highest BCUT2D eigenvalue weighted by atomic mass is 32.2. The van der Waals surface area contributed by atoms with E-state index in [1.165, 1.54) is 0 Å². The minimum atomic E-state index is -3.64. The number of anilines is 1. The van der Waals surface area contributed by atoms with Crippen molar-refractivity contribution < 1.29 is 22.7 Å². The van der Waals surface area contributed by atoms with Crippen molar-refractivity contribution in [2.75, 3.05) is 38.6 Å². The Hall–Kier alpha value is -4.44. The summed E-state index contributed by atoms with van der Waals surface area (Å²) >= 11 is 0. The fourth-order valence-electron chi connectivity index (χ4n) is 4.54. The highest BCUT2D eigenvalue weighted by molar-refractivity contribution is 7.90. The number of methoxy groups -OCH3 is 1. The SMILES string of the molecule is COc1ccc(NC(=O)N2CCN(C(=O)c3ccc(CS(=O)(=O)c4cccc5cccnc45)cc3)CC2)cc1.